The minimum Gasteiger partial charge on any atom is -0.366 e. The molecule has 1 aromatic heterocycles. The lowest BCUT2D eigenvalue weighted by atomic mass is 10.1. The molecule has 9 heteroatoms. The normalized spacial score (nSPS) is 15.0. The van der Waals surface area contributed by atoms with E-state index in [1.165, 1.54) is 12.3 Å². The number of nitrogens with two attached hydrogens (primary N) is 1. The number of halogens is 2. The third kappa shape index (κ3) is 5.05. The molecule has 0 radical (unpaired) electrons. The van der Waals surface area contributed by atoms with Crippen molar-refractivity contribution in [2.24, 2.45) is 5.73 Å². The zero-order valence-corrected chi connectivity index (χ0v) is 15.9. The molecule has 1 saturated heterocycles. The van der Waals surface area contributed by atoms with Gasteiger partial charge in [0.25, 0.3) is 11.7 Å². The summed E-state index contributed by atoms with van der Waals surface area (Å²) in [5, 5.41) is 0.0551. The van der Waals surface area contributed by atoms with Gasteiger partial charge in [0.1, 0.15) is 5.03 Å². The first kappa shape index (κ1) is 20.2. The number of primary amides is 1. The van der Waals surface area contributed by atoms with Crippen molar-refractivity contribution in [3.05, 3.63) is 59.3 Å². The number of benzene rings is 1. The second-order valence-corrected chi connectivity index (χ2v) is 7.34. The van der Waals surface area contributed by atoms with Gasteiger partial charge in [-0.2, -0.15) is 8.78 Å². The minimum atomic E-state index is -2.63. The Bertz CT molecular complexity index is 840. The van der Waals surface area contributed by atoms with Gasteiger partial charge in [0.05, 0.1) is 5.56 Å². The van der Waals surface area contributed by atoms with Crippen molar-refractivity contribution in [3.8, 4) is 0 Å². The average molecular weight is 406 g/mol. The van der Waals surface area contributed by atoms with Crippen molar-refractivity contribution in [1.82, 2.24) is 14.8 Å². The molecular weight excluding hydrogens is 386 g/mol. The lowest BCUT2D eigenvalue weighted by Gasteiger charge is -2.35. The van der Waals surface area contributed by atoms with E-state index in [1.807, 2.05) is 12.1 Å². The molecule has 28 heavy (non-hydrogen) atoms. The molecule has 0 saturated carbocycles. The highest BCUT2D eigenvalue weighted by atomic mass is 32.2. The molecule has 0 atom stereocenters. The lowest BCUT2D eigenvalue weighted by molar-refractivity contribution is 0.0624. The van der Waals surface area contributed by atoms with Crippen LogP contribution in [0.3, 0.4) is 0 Å². The van der Waals surface area contributed by atoms with Crippen LogP contribution in [0.2, 0.25) is 0 Å². The summed E-state index contributed by atoms with van der Waals surface area (Å²) in [4.78, 5) is 31.6. The quantitative estimate of drug-likeness (QED) is 0.746. The van der Waals surface area contributed by atoms with E-state index >= 15 is 0 Å². The molecule has 2 N–H and O–H groups in total. The molecule has 1 aliphatic rings. The summed E-state index contributed by atoms with van der Waals surface area (Å²) in [5.41, 5.74) is 6.97. The van der Waals surface area contributed by atoms with Crippen molar-refractivity contribution < 1.29 is 18.4 Å². The number of aromatic nitrogens is 1. The van der Waals surface area contributed by atoms with E-state index in [2.05, 4.69) is 9.88 Å². The van der Waals surface area contributed by atoms with Crippen molar-refractivity contribution in [3.63, 3.8) is 0 Å². The van der Waals surface area contributed by atoms with Gasteiger partial charge in [-0.3, -0.25) is 14.5 Å². The molecule has 2 amide bonds. The molecule has 2 heterocycles. The molecule has 0 aliphatic carbocycles. The van der Waals surface area contributed by atoms with Gasteiger partial charge in [-0.15, -0.1) is 0 Å². The van der Waals surface area contributed by atoms with Gasteiger partial charge in [0.2, 0.25) is 5.91 Å². The Morgan fingerprint density at radius 1 is 1.11 bits per heavy atom. The molecular formula is C19H20F2N4O2S. The Labute approximate surface area is 165 Å². The van der Waals surface area contributed by atoms with E-state index < -0.39 is 11.7 Å². The summed E-state index contributed by atoms with van der Waals surface area (Å²) in [6.45, 7) is 3.04. The summed E-state index contributed by atoms with van der Waals surface area (Å²) in [7, 11) is 0. The fraction of sp³-hybridized carbons (Fsp3) is 0.316. The second kappa shape index (κ2) is 9.11. The first-order valence-corrected chi connectivity index (χ1v) is 9.62. The SMILES string of the molecule is NC(=O)c1ccc(CN2CCN(C(=O)c3cccnc3SC(F)F)CC2)cc1. The number of hydrogen-bond acceptors (Lipinski definition) is 5. The van der Waals surface area contributed by atoms with Gasteiger partial charge in [-0.1, -0.05) is 12.1 Å². The first-order chi connectivity index (χ1) is 13.4. The molecule has 3 rings (SSSR count). The van der Waals surface area contributed by atoms with Crippen molar-refractivity contribution in [1.29, 1.82) is 0 Å². The van der Waals surface area contributed by atoms with Gasteiger partial charge < -0.3 is 10.6 Å². The number of piperazine rings is 1. The van der Waals surface area contributed by atoms with Gasteiger partial charge in [0, 0.05) is 44.5 Å². The van der Waals surface area contributed by atoms with Crippen molar-refractivity contribution in [2.75, 3.05) is 26.2 Å². The topological polar surface area (TPSA) is 79.5 Å². The molecule has 1 aromatic carbocycles. The first-order valence-electron chi connectivity index (χ1n) is 8.74. The number of thioether (sulfide) groups is 1. The van der Waals surface area contributed by atoms with Crippen LogP contribution in [0.4, 0.5) is 8.78 Å². The van der Waals surface area contributed by atoms with Crippen molar-refractivity contribution in [2.45, 2.75) is 17.3 Å². The van der Waals surface area contributed by atoms with E-state index in [1.54, 1.807) is 23.1 Å². The molecule has 1 aliphatic heterocycles. The summed E-state index contributed by atoms with van der Waals surface area (Å²) >= 11 is 0.288. The zero-order chi connectivity index (χ0) is 20.1. The minimum absolute atomic E-state index is 0.0551. The average Bonchev–Trinajstić information content (AvgIpc) is 2.68. The molecule has 0 spiro atoms. The van der Waals surface area contributed by atoms with E-state index in [0.29, 0.717) is 38.3 Å². The van der Waals surface area contributed by atoms with Crippen LogP contribution < -0.4 is 5.73 Å². The van der Waals surface area contributed by atoms with Crippen LogP contribution in [-0.4, -0.2) is 58.5 Å². The summed E-state index contributed by atoms with van der Waals surface area (Å²) < 4.78 is 25.4. The maximum absolute atomic E-state index is 12.7. The largest absolute Gasteiger partial charge is 0.366 e. The molecule has 0 bridgehead atoms. The Balaban J connectivity index is 1.58. The number of nitrogens with zero attached hydrogens (tertiary/aromatic N) is 3. The standard InChI is InChI=1S/C19H20F2N4O2S/c20-19(21)28-17-15(2-1-7-23-17)18(27)25-10-8-24(9-11-25)12-13-3-5-14(6-4-13)16(22)26/h1-7,19H,8-12H2,(H2,22,26). The summed E-state index contributed by atoms with van der Waals surface area (Å²) in [5.74, 6) is -3.36. The van der Waals surface area contributed by atoms with Gasteiger partial charge in [0.15, 0.2) is 0 Å². The predicted octanol–water partition coefficient (Wildman–Crippen LogP) is 2.45. The van der Waals surface area contributed by atoms with Gasteiger partial charge >= 0.3 is 0 Å². The number of carbonyl (C=O) groups is 2. The van der Waals surface area contributed by atoms with Gasteiger partial charge in [-0.05, 0) is 41.6 Å². The number of alkyl halides is 2. The molecule has 1 fully saturated rings. The van der Waals surface area contributed by atoms with Crippen LogP contribution in [0, 0.1) is 0 Å². The molecule has 148 valence electrons. The van der Waals surface area contributed by atoms with E-state index in [0.717, 1.165) is 5.56 Å². The zero-order valence-electron chi connectivity index (χ0n) is 15.1. The van der Waals surface area contributed by atoms with Crippen LogP contribution in [0.15, 0.2) is 47.6 Å². The third-order valence-electron chi connectivity index (χ3n) is 4.51. The third-order valence-corrected chi connectivity index (χ3v) is 5.23. The number of amides is 2. The molecule has 2 aromatic rings. The Morgan fingerprint density at radius 2 is 1.79 bits per heavy atom. The maximum Gasteiger partial charge on any atom is 0.290 e. The number of rotatable bonds is 6. The second-order valence-electron chi connectivity index (χ2n) is 6.36. The molecule has 0 unspecified atom stereocenters. The Hall–Kier alpha value is -2.52. The highest BCUT2D eigenvalue weighted by Gasteiger charge is 2.25. The fourth-order valence-electron chi connectivity index (χ4n) is 3.04. The van der Waals surface area contributed by atoms with Crippen LogP contribution >= 0.6 is 11.8 Å². The number of hydrogen-bond donors (Lipinski definition) is 1. The lowest BCUT2D eigenvalue weighted by Crippen LogP contribution is -2.48. The predicted molar refractivity (Wildman–Crippen MR) is 102 cm³/mol. The van der Waals surface area contributed by atoms with Crippen LogP contribution in [0.5, 0.6) is 0 Å². The summed E-state index contributed by atoms with van der Waals surface area (Å²) in [6.07, 6.45) is 1.41. The van der Waals surface area contributed by atoms with E-state index in [9.17, 15) is 18.4 Å². The number of pyridine rings is 1. The Morgan fingerprint density at radius 3 is 2.39 bits per heavy atom. The van der Waals surface area contributed by atoms with Crippen LogP contribution in [0.25, 0.3) is 0 Å². The van der Waals surface area contributed by atoms with E-state index in [-0.39, 0.29) is 28.3 Å². The number of carbonyl (C=O) groups excluding carboxylic acids is 2. The molecule has 6 nitrogen and oxygen atoms in total. The monoisotopic (exact) mass is 406 g/mol. The van der Waals surface area contributed by atoms with Crippen molar-refractivity contribution >= 4 is 23.6 Å². The van der Waals surface area contributed by atoms with E-state index in [4.69, 9.17) is 5.73 Å². The van der Waals surface area contributed by atoms with Gasteiger partial charge in [-0.25, -0.2) is 4.98 Å². The van der Waals surface area contributed by atoms with Crippen LogP contribution in [-0.2, 0) is 6.54 Å². The fourth-order valence-corrected chi connectivity index (χ4v) is 3.62. The highest BCUT2D eigenvalue weighted by molar-refractivity contribution is 7.99. The highest BCUT2D eigenvalue weighted by Crippen LogP contribution is 2.27. The smallest absolute Gasteiger partial charge is 0.290 e. The maximum atomic E-state index is 12.7. The van der Waals surface area contributed by atoms with Crippen LogP contribution in [0.1, 0.15) is 26.3 Å². The summed E-state index contributed by atoms with van der Waals surface area (Å²) in [6, 6.07) is 10.2. The Kier molecular flexibility index (Phi) is 6.58.